The molecule has 1 rings (SSSR count). The molecule has 0 radical (unpaired) electrons. The first-order valence-corrected chi connectivity index (χ1v) is 4.71. The summed E-state index contributed by atoms with van der Waals surface area (Å²) in [6.45, 7) is 3.23. The molecule has 78 valence electrons. The van der Waals surface area contributed by atoms with E-state index < -0.39 is 12.1 Å². The number of nitrogens with two attached hydrogens (primary N) is 1. The van der Waals surface area contributed by atoms with Crippen LogP contribution >= 0.6 is 11.6 Å². The van der Waals surface area contributed by atoms with Crippen LogP contribution < -0.4 is 5.73 Å². The fourth-order valence-corrected chi connectivity index (χ4v) is 1.46. The highest BCUT2D eigenvalue weighted by Gasteiger charge is 2.18. The lowest BCUT2D eigenvalue weighted by molar-refractivity contribution is 0.153. The third-order valence-electron chi connectivity index (χ3n) is 2.17. The Hall–Kier alpha value is -0.640. The minimum atomic E-state index is -0.859. The number of hydrogen-bond acceptors (Lipinski definition) is 2. The Labute approximate surface area is 87.5 Å². The lowest BCUT2D eigenvalue weighted by Crippen LogP contribution is -2.24. The molecule has 1 aromatic rings. The minimum Gasteiger partial charge on any atom is -0.387 e. The van der Waals surface area contributed by atoms with E-state index in [4.69, 9.17) is 17.3 Å². The van der Waals surface area contributed by atoms with Crippen LogP contribution in [0, 0.1) is 12.7 Å². The van der Waals surface area contributed by atoms with E-state index in [9.17, 15) is 9.50 Å². The third-order valence-corrected chi connectivity index (χ3v) is 2.67. The molecule has 0 fully saturated rings. The van der Waals surface area contributed by atoms with Gasteiger partial charge in [0.05, 0.1) is 11.1 Å². The fourth-order valence-electron chi connectivity index (χ4n) is 1.19. The highest BCUT2D eigenvalue weighted by atomic mass is 35.5. The molecule has 0 saturated carbocycles. The van der Waals surface area contributed by atoms with Gasteiger partial charge in [0.2, 0.25) is 0 Å². The Balaban J connectivity index is 3.17. The van der Waals surface area contributed by atoms with Crippen LogP contribution in [0.5, 0.6) is 0 Å². The second-order valence-corrected chi connectivity index (χ2v) is 3.76. The molecule has 0 aliphatic rings. The van der Waals surface area contributed by atoms with Gasteiger partial charge in [-0.2, -0.15) is 0 Å². The van der Waals surface area contributed by atoms with E-state index >= 15 is 0 Å². The molecular formula is C10H13ClFNO. The van der Waals surface area contributed by atoms with E-state index in [0.717, 1.165) is 0 Å². The zero-order chi connectivity index (χ0) is 10.9. The monoisotopic (exact) mass is 217 g/mol. The predicted molar refractivity (Wildman–Crippen MR) is 54.8 cm³/mol. The average Bonchev–Trinajstić information content (AvgIpc) is 2.13. The third kappa shape index (κ3) is 2.05. The maximum atomic E-state index is 13.0. The molecule has 4 heteroatoms. The van der Waals surface area contributed by atoms with E-state index in [1.807, 2.05) is 0 Å². The molecule has 14 heavy (non-hydrogen) atoms. The first-order chi connectivity index (χ1) is 6.45. The van der Waals surface area contributed by atoms with Crippen molar-refractivity contribution in [2.24, 2.45) is 5.73 Å². The van der Waals surface area contributed by atoms with Crippen molar-refractivity contribution in [1.82, 2.24) is 0 Å². The van der Waals surface area contributed by atoms with Crippen LogP contribution in [0.2, 0.25) is 5.02 Å². The van der Waals surface area contributed by atoms with Crippen LogP contribution in [0.25, 0.3) is 0 Å². The summed E-state index contributed by atoms with van der Waals surface area (Å²) in [4.78, 5) is 0. The number of hydrogen-bond donors (Lipinski definition) is 2. The van der Waals surface area contributed by atoms with E-state index in [2.05, 4.69) is 0 Å². The minimum absolute atomic E-state index is 0.245. The van der Waals surface area contributed by atoms with Crippen molar-refractivity contribution in [1.29, 1.82) is 0 Å². The van der Waals surface area contributed by atoms with Crippen molar-refractivity contribution >= 4 is 11.6 Å². The average molecular weight is 218 g/mol. The van der Waals surface area contributed by atoms with Crippen LogP contribution in [0.4, 0.5) is 4.39 Å². The van der Waals surface area contributed by atoms with Crippen LogP contribution in [-0.4, -0.2) is 11.1 Å². The van der Waals surface area contributed by atoms with Crippen molar-refractivity contribution in [3.63, 3.8) is 0 Å². The molecule has 0 spiro atoms. The molecule has 2 atom stereocenters. The topological polar surface area (TPSA) is 46.2 Å². The smallest absolute Gasteiger partial charge is 0.127 e. The van der Waals surface area contributed by atoms with Crippen LogP contribution in [0.15, 0.2) is 12.1 Å². The fraction of sp³-hybridized carbons (Fsp3) is 0.400. The number of benzene rings is 1. The first-order valence-electron chi connectivity index (χ1n) is 4.33. The van der Waals surface area contributed by atoms with Crippen LogP contribution in [0.3, 0.4) is 0 Å². The van der Waals surface area contributed by atoms with Gasteiger partial charge in [0.25, 0.3) is 0 Å². The Kier molecular flexibility index (Phi) is 3.48. The molecule has 0 heterocycles. The Morgan fingerprint density at radius 2 is 2.07 bits per heavy atom. The zero-order valence-corrected chi connectivity index (χ0v) is 8.85. The van der Waals surface area contributed by atoms with E-state index in [1.54, 1.807) is 13.8 Å². The van der Waals surface area contributed by atoms with Gasteiger partial charge >= 0.3 is 0 Å². The second-order valence-electron chi connectivity index (χ2n) is 3.38. The first kappa shape index (κ1) is 11.4. The lowest BCUT2D eigenvalue weighted by atomic mass is 10.0. The summed E-state index contributed by atoms with van der Waals surface area (Å²) in [5, 5.41) is 9.91. The molecule has 3 N–H and O–H groups in total. The maximum absolute atomic E-state index is 13.0. The number of halogens is 2. The molecular weight excluding hydrogens is 205 g/mol. The van der Waals surface area contributed by atoms with Gasteiger partial charge in [-0.15, -0.1) is 0 Å². The Bertz CT molecular complexity index is 341. The molecule has 0 aromatic heterocycles. The van der Waals surface area contributed by atoms with Gasteiger partial charge in [-0.25, -0.2) is 4.39 Å². The Morgan fingerprint density at radius 3 is 2.57 bits per heavy atom. The van der Waals surface area contributed by atoms with Gasteiger partial charge in [-0.1, -0.05) is 17.7 Å². The zero-order valence-electron chi connectivity index (χ0n) is 8.09. The summed E-state index contributed by atoms with van der Waals surface area (Å²) in [5.41, 5.74) is 6.33. The van der Waals surface area contributed by atoms with Crippen molar-refractivity contribution in [2.75, 3.05) is 0 Å². The number of aliphatic hydroxyl groups excluding tert-OH is 1. The molecule has 0 saturated heterocycles. The van der Waals surface area contributed by atoms with Crippen LogP contribution in [0.1, 0.15) is 24.2 Å². The summed E-state index contributed by atoms with van der Waals surface area (Å²) < 4.78 is 13.0. The lowest BCUT2D eigenvalue weighted by Gasteiger charge is -2.17. The van der Waals surface area contributed by atoms with Crippen molar-refractivity contribution in [2.45, 2.75) is 26.0 Å². The standard InChI is InChI=1S/C10H13ClFNO/c1-5-8(12)4-3-7(9(5)11)10(14)6(2)13/h3-4,6,10,14H,13H2,1-2H3/t6-,10-/m0/s1. The van der Waals surface area contributed by atoms with Gasteiger partial charge in [-0.3, -0.25) is 0 Å². The second kappa shape index (κ2) is 4.26. The summed E-state index contributed by atoms with van der Waals surface area (Å²) in [6, 6.07) is 2.30. The van der Waals surface area contributed by atoms with Gasteiger partial charge in [0, 0.05) is 17.2 Å². The van der Waals surface area contributed by atoms with Crippen molar-refractivity contribution in [3.05, 3.63) is 34.1 Å². The number of aliphatic hydroxyl groups is 1. The molecule has 1 aromatic carbocycles. The van der Waals surface area contributed by atoms with Gasteiger partial charge < -0.3 is 10.8 Å². The van der Waals surface area contributed by atoms with E-state index in [1.165, 1.54) is 12.1 Å². The van der Waals surface area contributed by atoms with Crippen molar-refractivity contribution < 1.29 is 9.50 Å². The number of rotatable bonds is 2. The van der Waals surface area contributed by atoms with Crippen LogP contribution in [-0.2, 0) is 0 Å². The van der Waals surface area contributed by atoms with E-state index in [0.29, 0.717) is 11.1 Å². The summed E-state index contributed by atoms with van der Waals surface area (Å²) in [7, 11) is 0. The molecule has 0 aliphatic carbocycles. The molecule has 0 amide bonds. The SMILES string of the molecule is Cc1c(F)ccc([C@@H](O)[C@H](C)N)c1Cl. The quantitative estimate of drug-likeness (QED) is 0.798. The predicted octanol–water partition coefficient (Wildman–Crippen LogP) is 2.17. The highest BCUT2D eigenvalue weighted by molar-refractivity contribution is 6.32. The van der Waals surface area contributed by atoms with Crippen molar-refractivity contribution in [3.8, 4) is 0 Å². The molecule has 0 unspecified atom stereocenters. The summed E-state index contributed by atoms with van der Waals surface area (Å²) in [5.74, 6) is -0.379. The Morgan fingerprint density at radius 1 is 1.50 bits per heavy atom. The normalized spacial score (nSPS) is 15.3. The summed E-state index contributed by atoms with van der Waals surface area (Å²) >= 11 is 5.88. The highest BCUT2D eigenvalue weighted by Crippen LogP contribution is 2.28. The van der Waals surface area contributed by atoms with Gasteiger partial charge in [0.15, 0.2) is 0 Å². The largest absolute Gasteiger partial charge is 0.387 e. The van der Waals surface area contributed by atoms with E-state index in [-0.39, 0.29) is 10.8 Å². The molecule has 0 aliphatic heterocycles. The van der Waals surface area contributed by atoms with Gasteiger partial charge in [-0.05, 0) is 19.9 Å². The molecule has 2 nitrogen and oxygen atoms in total. The van der Waals surface area contributed by atoms with Gasteiger partial charge in [0.1, 0.15) is 5.82 Å². The molecule has 0 bridgehead atoms. The summed E-state index contributed by atoms with van der Waals surface area (Å²) in [6.07, 6.45) is -0.859. The maximum Gasteiger partial charge on any atom is 0.127 e.